The minimum Gasteiger partial charge on any atom is -0.359 e. The Kier molecular flexibility index (Phi) is 2.94. The highest BCUT2D eigenvalue weighted by atomic mass is 32.1. The zero-order chi connectivity index (χ0) is 11.7. The molecule has 3 rings (SSSR count). The zero-order valence-electron chi connectivity index (χ0n) is 9.86. The highest BCUT2D eigenvalue weighted by Gasteiger charge is 2.14. The van der Waals surface area contributed by atoms with E-state index in [2.05, 4.69) is 20.6 Å². The van der Waals surface area contributed by atoms with Crippen LogP contribution in [0.25, 0.3) is 10.3 Å². The van der Waals surface area contributed by atoms with Crippen LogP contribution in [0.3, 0.4) is 0 Å². The van der Waals surface area contributed by atoms with Crippen molar-refractivity contribution in [2.45, 2.75) is 25.8 Å². The lowest BCUT2D eigenvalue weighted by molar-refractivity contribution is 0.479. The topological polar surface area (TPSA) is 49.8 Å². The molecule has 0 aliphatic carbocycles. The Balaban J connectivity index is 1.80. The molecule has 0 spiro atoms. The molecule has 1 saturated heterocycles. The zero-order valence-corrected chi connectivity index (χ0v) is 10.7. The normalized spacial score (nSPS) is 17.5. The first-order valence-corrected chi connectivity index (χ1v) is 6.84. The van der Waals surface area contributed by atoms with Gasteiger partial charge in [-0.1, -0.05) is 11.3 Å². The Morgan fingerprint density at radius 3 is 2.94 bits per heavy atom. The van der Waals surface area contributed by atoms with Crippen molar-refractivity contribution in [2.24, 2.45) is 0 Å². The Bertz CT molecular complexity index is 516. The molecule has 3 heterocycles. The first-order chi connectivity index (χ1) is 8.31. The van der Waals surface area contributed by atoms with E-state index >= 15 is 0 Å². The van der Waals surface area contributed by atoms with E-state index < -0.39 is 0 Å². The van der Waals surface area contributed by atoms with Gasteiger partial charge in [0.05, 0.1) is 0 Å². The predicted molar refractivity (Wildman–Crippen MR) is 71.7 cm³/mol. The predicted octanol–water partition coefficient (Wildman–Crippen LogP) is 2.16. The third-order valence-corrected chi connectivity index (χ3v) is 3.96. The molecule has 17 heavy (non-hydrogen) atoms. The number of hydrogen-bond donors (Lipinski definition) is 2. The lowest BCUT2D eigenvalue weighted by Crippen LogP contribution is -2.35. The quantitative estimate of drug-likeness (QED) is 0.855. The summed E-state index contributed by atoms with van der Waals surface area (Å²) in [5, 5.41) is 7.89. The summed E-state index contributed by atoms with van der Waals surface area (Å²) in [5.41, 5.74) is 2.05. The van der Waals surface area contributed by atoms with Crippen molar-refractivity contribution >= 4 is 26.8 Å². The van der Waals surface area contributed by atoms with Crippen molar-refractivity contribution in [3.05, 3.63) is 17.8 Å². The average molecular weight is 248 g/mol. The van der Waals surface area contributed by atoms with Crippen molar-refractivity contribution in [3.63, 3.8) is 0 Å². The minimum atomic E-state index is 0.554. The van der Waals surface area contributed by atoms with Crippen molar-refractivity contribution < 1.29 is 0 Å². The molecule has 5 heteroatoms. The van der Waals surface area contributed by atoms with Crippen molar-refractivity contribution in [3.8, 4) is 0 Å². The van der Waals surface area contributed by atoms with E-state index in [4.69, 9.17) is 0 Å². The second-order valence-electron chi connectivity index (χ2n) is 4.46. The van der Waals surface area contributed by atoms with Crippen LogP contribution in [0.5, 0.6) is 0 Å². The molecule has 0 radical (unpaired) electrons. The van der Waals surface area contributed by atoms with Crippen LogP contribution in [0.4, 0.5) is 5.13 Å². The van der Waals surface area contributed by atoms with Gasteiger partial charge in [-0.2, -0.15) is 0 Å². The molecule has 4 nitrogen and oxygen atoms in total. The van der Waals surface area contributed by atoms with Gasteiger partial charge in [0.25, 0.3) is 0 Å². The maximum Gasteiger partial charge on any atom is 0.185 e. The second-order valence-corrected chi connectivity index (χ2v) is 5.44. The third kappa shape index (κ3) is 2.40. The summed E-state index contributed by atoms with van der Waals surface area (Å²) in [6.07, 6.45) is 2.34. The van der Waals surface area contributed by atoms with Gasteiger partial charge in [-0.25, -0.2) is 9.97 Å². The van der Waals surface area contributed by atoms with Crippen LogP contribution >= 0.6 is 11.3 Å². The molecule has 2 aromatic heterocycles. The number of rotatable bonds is 2. The van der Waals surface area contributed by atoms with Gasteiger partial charge in [0.15, 0.2) is 5.13 Å². The number of aromatic nitrogens is 2. The number of hydrogen-bond acceptors (Lipinski definition) is 5. The lowest BCUT2D eigenvalue weighted by Gasteiger charge is -2.23. The van der Waals surface area contributed by atoms with Crippen LogP contribution in [0.15, 0.2) is 12.1 Å². The number of thiazole rings is 1. The van der Waals surface area contributed by atoms with Gasteiger partial charge >= 0.3 is 0 Å². The van der Waals surface area contributed by atoms with E-state index in [1.807, 2.05) is 19.1 Å². The smallest absolute Gasteiger partial charge is 0.185 e. The first kappa shape index (κ1) is 10.9. The van der Waals surface area contributed by atoms with Gasteiger partial charge < -0.3 is 10.6 Å². The maximum atomic E-state index is 4.57. The van der Waals surface area contributed by atoms with E-state index in [-0.39, 0.29) is 0 Å². The maximum absolute atomic E-state index is 4.57. The van der Waals surface area contributed by atoms with E-state index in [1.165, 1.54) is 12.8 Å². The monoisotopic (exact) mass is 248 g/mol. The molecular formula is C12H16N4S. The molecule has 0 atom stereocenters. The van der Waals surface area contributed by atoms with Crippen molar-refractivity contribution in [2.75, 3.05) is 18.4 Å². The number of nitrogens with one attached hydrogen (secondary N) is 2. The Labute approximate surface area is 104 Å². The fraction of sp³-hybridized carbons (Fsp3) is 0.500. The average Bonchev–Trinajstić information content (AvgIpc) is 2.71. The summed E-state index contributed by atoms with van der Waals surface area (Å²) in [5.74, 6) is 0. The van der Waals surface area contributed by atoms with Gasteiger partial charge in [-0.3, -0.25) is 0 Å². The number of nitrogens with zero attached hydrogens (tertiary/aromatic N) is 2. The number of fused-ring (bicyclic) bond motifs is 1. The van der Waals surface area contributed by atoms with Crippen LogP contribution in [0.1, 0.15) is 18.5 Å². The van der Waals surface area contributed by atoms with Crippen molar-refractivity contribution in [1.29, 1.82) is 0 Å². The number of pyridine rings is 1. The Morgan fingerprint density at radius 2 is 2.12 bits per heavy atom. The van der Waals surface area contributed by atoms with Crippen LogP contribution in [0, 0.1) is 6.92 Å². The molecule has 0 amide bonds. The van der Waals surface area contributed by atoms with Gasteiger partial charge in [0, 0.05) is 11.7 Å². The van der Waals surface area contributed by atoms with Gasteiger partial charge in [-0.15, -0.1) is 0 Å². The van der Waals surface area contributed by atoms with E-state index in [0.717, 1.165) is 34.3 Å². The molecule has 0 bridgehead atoms. The summed E-state index contributed by atoms with van der Waals surface area (Å²) >= 11 is 1.65. The van der Waals surface area contributed by atoms with Gasteiger partial charge in [0.2, 0.25) is 0 Å². The molecule has 1 aliphatic rings. The summed E-state index contributed by atoms with van der Waals surface area (Å²) in [6, 6.07) is 4.61. The van der Waals surface area contributed by atoms with Gasteiger partial charge in [0.1, 0.15) is 10.3 Å². The molecular weight excluding hydrogens is 232 g/mol. The lowest BCUT2D eigenvalue weighted by atomic mass is 10.1. The molecule has 1 aliphatic heterocycles. The molecule has 0 saturated carbocycles. The fourth-order valence-corrected chi connectivity index (χ4v) is 3.07. The fourth-order valence-electron chi connectivity index (χ4n) is 2.11. The molecule has 2 N–H and O–H groups in total. The summed E-state index contributed by atoms with van der Waals surface area (Å²) in [7, 11) is 0. The van der Waals surface area contributed by atoms with E-state index in [0.29, 0.717) is 6.04 Å². The van der Waals surface area contributed by atoms with Gasteiger partial charge in [-0.05, 0) is 45.0 Å². The highest BCUT2D eigenvalue weighted by Crippen LogP contribution is 2.25. The summed E-state index contributed by atoms with van der Waals surface area (Å²) in [4.78, 5) is 10.1. The molecule has 2 aromatic rings. The van der Waals surface area contributed by atoms with Crippen LogP contribution in [-0.2, 0) is 0 Å². The SMILES string of the molecule is Cc1ccc2nc(NC3CCNCC3)sc2n1. The van der Waals surface area contributed by atoms with Crippen LogP contribution in [0.2, 0.25) is 0 Å². The largest absolute Gasteiger partial charge is 0.359 e. The second kappa shape index (κ2) is 4.58. The molecule has 0 unspecified atom stereocenters. The molecule has 0 aromatic carbocycles. The number of aryl methyl sites for hydroxylation is 1. The summed E-state index contributed by atoms with van der Waals surface area (Å²) < 4.78 is 0. The van der Waals surface area contributed by atoms with Crippen LogP contribution in [-0.4, -0.2) is 29.1 Å². The molecule has 1 fully saturated rings. The van der Waals surface area contributed by atoms with E-state index in [1.54, 1.807) is 11.3 Å². The Hall–Kier alpha value is -1.20. The van der Waals surface area contributed by atoms with Crippen LogP contribution < -0.4 is 10.6 Å². The minimum absolute atomic E-state index is 0.554. The third-order valence-electron chi connectivity index (χ3n) is 3.06. The van der Waals surface area contributed by atoms with Crippen molar-refractivity contribution in [1.82, 2.24) is 15.3 Å². The van der Waals surface area contributed by atoms with E-state index in [9.17, 15) is 0 Å². The molecule has 90 valence electrons. The number of anilines is 1. The Morgan fingerprint density at radius 1 is 1.29 bits per heavy atom. The summed E-state index contributed by atoms with van der Waals surface area (Å²) in [6.45, 7) is 4.21. The standard InChI is InChI=1S/C12H16N4S/c1-8-2-3-10-11(14-8)17-12(16-10)15-9-4-6-13-7-5-9/h2-3,9,13H,4-7H2,1H3,(H,15,16). The highest BCUT2D eigenvalue weighted by molar-refractivity contribution is 7.21. The first-order valence-electron chi connectivity index (χ1n) is 6.03. The number of piperidine rings is 1.